The summed E-state index contributed by atoms with van der Waals surface area (Å²) in [6.45, 7) is 16.1. The number of aryl methyl sites for hydroxylation is 1. The van der Waals surface area contributed by atoms with Gasteiger partial charge in [-0.1, -0.05) is 6.92 Å². The van der Waals surface area contributed by atoms with Crippen LogP contribution in [-0.4, -0.2) is 65.3 Å². The number of benzene rings is 1. The van der Waals surface area contributed by atoms with E-state index in [0.29, 0.717) is 11.9 Å². The fourth-order valence-electron chi connectivity index (χ4n) is 6.59. The van der Waals surface area contributed by atoms with Crippen LogP contribution in [0.25, 0.3) is 22.2 Å². The number of H-pyrrole nitrogens is 1. The van der Waals surface area contributed by atoms with Crippen LogP contribution in [0.1, 0.15) is 53.0 Å². The minimum Gasteiger partial charge on any atom is -0.481 e. The van der Waals surface area contributed by atoms with Crippen molar-refractivity contribution in [2.45, 2.75) is 71.0 Å². The highest BCUT2D eigenvalue weighted by Crippen LogP contribution is 2.35. The molecule has 35 heavy (non-hydrogen) atoms. The van der Waals surface area contributed by atoms with Gasteiger partial charge in [0, 0.05) is 83.4 Å². The number of piperazine rings is 1. The first-order valence-electron chi connectivity index (χ1n) is 13.1. The summed E-state index contributed by atoms with van der Waals surface area (Å²) in [5.74, 6) is 0.641. The predicted octanol–water partition coefficient (Wildman–Crippen LogP) is 5.23. The van der Waals surface area contributed by atoms with Gasteiger partial charge in [-0.3, -0.25) is 4.90 Å². The lowest BCUT2D eigenvalue weighted by molar-refractivity contribution is 0.0627. The maximum Gasteiger partial charge on any atom is 0.213 e. The summed E-state index contributed by atoms with van der Waals surface area (Å²) in [4.78, 5) is 13.2. The number of aromatic nitrogens is 2. The van der Waals surface area contributed by atoms with Crippen LogP contribution < -0.4 is 15.0 Å². The van der Waals surface area contributed by atoms with Crippen LogP contribution in [0.4, 0.5) is 5.69 Å². The monoisotopic (exact) mass is 475 g/mol. The lowest BCUT2D eigenvalue weighted by Gasteiger charge is -2.51. The first-order chi connectivity index (χ1) is 16.7. The largest absolute Gasteiger partial charge is 0.481 e. The first kappa shape index (κ1) is 24.1. The summed E-state index contributed by atoms with van der Waals surface area (Å²) < 4.78 is 5.36. The van der Waals surface area contributed by atoms with Gasteiger partial charge in [-0.25, -0.2) is 4.98 Å². The average Bonchev–Trinajstić information content (AvgIpc) is 3.20. The maximum atomic E-state index is 5.36. The number of nitrogens with zero attached hydrogens (tertiary/aromatic N) is 3. The zero-order chi connectivity index (χ0) is 24.8. The second-order valence-corrected chi connectivity index (χ2v) is 11.6. The molecule has 2 N–H and O–H groups in total. The molecule has 0 bridgehead atoms. The molecule has 4 heterocycles. The maximum absolute atomic E-state index is 5.36. The minimum atomic E-state index is 0.190. The Morgan fingerprint density at radius 1 is 1.00 bits per heavy atom. The minimum absolute atomic E-state index is 0.190. The molecule has 0 spiro atoms. The lowest BCUT2D eigenvalue weighted by Crippen LogP contribution is -2.63. The van der Waals surface area contributed by atoms with Gasteiger partial charge in [0.1, 0.15) is 0 Å². The third-order valence-corrected chi connectivity index (χ3v) is 7.84. The molecule has 2 aliphatic heterocycles. The van der Waals surface area contributed by atoms with E-state index in [-0.39, 0.29) is 11.1 Å². The van der Waals surface area contributed by atoms with Crippen LogP contribution in [0.2, 0.25) is 0 Å². The first-order valence-corrected chi connectivity index (χ1v) is 13.1. The second-order valence-electron chi connectivity index (χ2n) is 11.6. The van der Waals surface area contributed by atoms with E-state index in [2.05, 4.69) is 84.0 Å². The van der Waals surface area contributed by atoms with E-state index in [0.717, 1.165) is 38.2 Å². The highest BCUT2D eigenvalue weighted by atomic mass is 16.5. The van der Waals surface area contributed by atoms with Crippen molar-refractivity contribution in [1.29, 1.82) is 0 Å². The summed E-state index contributed by atoms with van der Waals surface area (Å²) in [6.07, 6.45) is 5.22. The number of nitrogens with one attached hydrogen (secondary N) is 2. The molecular formula is C29H41N5O. The van der Waals surface area contributed by atoms with Crippen molar-refractivity contribution in [3.05, 3.63) is 42.1 Å². The van der Waals surface area contributed by atoms with Crippen molar-refractivity contribution in [1.82, 2.24) is 20.2 Å². The Bertz CT molecular complexity index is 1170. The molecule has 0 radical (unpaired) electrons. The van der Waals surface area contributed by atoms with Gasteiger partial charge in [-0.2, -0.15) is 0 Å². The van der Waals surface area contributed by atoms with Gasteiger partial charge in [0.15, 0.2) is 0 Å². The molecular weight excluding hydrogens is 434 g/mol. The number of methoxy groups -OCH3 is 1. The molecule has 0 saturated carbocycles. The van der Waals surface area contributed by atoms with Gasteiger partial charge in [0.25, 0.3) is 0 Å². The van der Waals surface area contributed by atoms with Crippen LogP contribution in [0.15, 0.2) is 36.5 Å². The third-order valence-electron chi connectivity index (χ3n) is 7.84. The molecule has 0 aliphatic carbocycles. The summed E-state index contributed by atoms with van der Waals surface area (Å²) >= 11 is 0. The topological polar surface area (TPSA) is 56.4 Å². The molecule has 0 unspecified atom stereocenters. The number of aromatic amines is 1. The van der Waals surface area contributed by atoms with E-state index in [9.17, 15) is 0 Å². The lowest BCUT2D eigenvalue weighted by atomic mass is 9.79. The average molecular weight is 476 g/mol. The van der Waals surface area contributed by atoms with Gasteiger partial charge >= 0.3 is 0 Å². The number of piperidine rings is 1. The van der Waals surface area contributed by atoms with E-state index in [1.807, 2.05) is 12.3 Å². The van der Waals surface area contributed by atoms with Crippen molar-refractivity contribution in [2.75, 3.05) is 38.2 Å². The number of rotatable bonds is 5. The van der Waals surface area contributed by atoms with E-state index in [1.165, 1.54) is 40.7 Å². The van der Waals surface area contributed by atoms with Crippen molar-refractivity contribution in [3.8, 4) is 17.1 Å². The van der Waals surface area contributed by atoms with Crippen LogP contribution in [0.3, 0.4) is 0 Å². The van der Waals surface area contributed by atoms with Crippen LogP contribution in [-0.2, 0) is 6.42 Å². The van der Waals surface area contributed by atoms with E-state index in [1.54, 1.807) is 7.11 Å². The summed E-state index contributed by atoms with van der Waals surface area (Å²) in [5.41, 5.74) is 6.54. The zero-order valence-corrected chi connectivity index (χ0v) is 22.2. The Morgan fingerprint density at radius 3 is 2.37 bits per heavy atom. The standard InChI is InChI=1S/C29H41N5O/c1-7-23-24-17-21(8-9-25(24)31-27(23)20-10-11-30-26(16-20)35-6)33-12-14-34(15-13-33)22-18-28(2,3)32-29(4,5)19-22/h8-11,16-17,22,31-32H,7,12-15,18-19H2,1-6H3. The summed E-state index contributed by atoms with van der Waals surface area (Å²) in [5, 5.41) is 5.15. The Balaban J connectivity index is 1.35. The second kappa shape index (κ2) is 9.14. The number of hydrogen-bond acceptors (Lipinski definition) is 5. The fraction of sp³-hybridized carbons (Fsp3) is 0.552. The zero-order valence-electron chi connectivity index (χ0n) is 22.2. The van der Waals surface area contributed by atoms with Gasteiger partial charge in [-0.15, -0.1) is 0 Å². The van der Waals surface area contributed by atoms with E-state index < -0.39 is 0 Å². The normalized spacial score (nSPS) is 20.9. The molecule has 2 fully saturated rings. The molecule has 2 aromatic heterocycles. The number of fused-ring (bicyclic) bond motifs is 1. The van der Waals surface area contributed by atoms with Gasteiger partial charge in [-0.05, 0) is 76.8 Å². The number of hydrogen-bond donors (Lipinski definition) is 2. The van der Waals surface area contributed by atoms with Crippen molar-refractivity contribution in [2.24, 2.45) is 0 Å². The number of ether oxygens (including phenoxy) is 1. The van der Waals surface area contributed by atoms with E-state index >= 15 is 0 Å². The van der Waals surface area contributed by atoms with Gasteiger partial charge in [0.2, 0.25) is 5.88 Å². The molecule has 1 aromatic carbocycles. The number of pyridine rings is 1. The Morgan fingerprint density at radius 2 is 1.71 bits per heavy atom. The van der Waals surface area contributed by atoms with Crippen LogP contribution >= 0.6 is 0 Å². The SMILES string of the molecule is CCc1c(-c2ccnc(OC)c2)[nH]c2ccc(N3CCN(C4CC(C)(C)NC(C)(C)C4)CC3)cc12. The van der Waals surface area contributed by atoms with Crippen LogP contribution in [0.5, 0.6) is 5.88 Å². The third kappa shape index (κ3) is 4.91. The molecule has 2 aliphatic rings. The Kier molecular flexibility index (Phi) is 6.30. The van der Waals surface area contributed by atoms with Crippen molar-refractivity contribution in [3.63, 3.8) is 0 Å². The highest BCUT2D eigenvalue weighted by molar-refractivity contribution is 5.93. The predicted molar refractivity (Wildman–Crippen MR) is 146 cm³/mol. The summed E-state index contributed by atoms with van der Waals surface area (Å²) in [6, 6.07) is 11.6. The van der Waals surface area contributed by atoms with Gasteiger partial charge in [0.05, 0.1) is 7.11 Å². The Labute approximate surface area is 210 Å². The molecule has 0 atom stereocenters. The molecule has 6 nitrogen and oxygen atoms in total. The molecule has 2 saturated heterocycles. The van der Waals surface area contributed by atoms with Crippen LogP contribution in [0, 0.1) is 0 Å². The summed E-state index contributed by atoms with van der Waals surface area (Å²) in [7, 11) is 1.66. The van der Waals surface area contributed by atoms with Gasteiger partial charge < -0.3 is 19.9 Å². The van der Waals surface area contributed by atoms with Crippen molar-refractivity contribution < 1.29 is 4.74 Å². The molecule has 6 heteroatoms. The molecule has 0 amide bonds. The number of anilines is 1. The molecule has 5 rings (SSSR count). The van der Waals surface area contributed by atoms with Crippen molar-refractivity contribution >= 4 is 16.6 Å². The fourth-order valence-corrected chi connectivity index (χ4v) is 6.59. The smallest absolute Gasteiger partial charge is 0.213 e. The highest BCUT2D eigenvalue weighted by Gasteiger charge is 2.40. The Hall–Kier alpha value is -2.57. The molecule has 3 aromatic rings. The van der Waals surface area contributed by atoms with E-state index in [4.69, 9.17) is 4.74 Å². The quantitative estimate of drug-likeness (QED) is 0.529. The molecule has 188 valence electrons.